The standard InChI is InChI=1S/C18H15N3O2/c22-17(10-13-6-2-1-3-7-13)21-19-12-15-11-14-8-4-5-9-16(14)20-18(15)23/h1-9,11-12H,10H2,(H,20,23)(H,21,22). The van der Waals surface area contributed by atoms with Crippen LogP contribution in [0.15, 0.2) is 70.6 Å². The number of nitrogens with zero attached hydrogens (tertiary/aromatic N) is 1. The monoisotopic (exact) mass is 305 g/mol. The molecule has 3 rings (SSSR count). The molecule has 23 heavy (non-hydrogen) atoms. The lowest BCUT2D eigenvalue weighted by Gasteiger charge is -2.01. The van der Waals surface area contributed by atoms with E-state index < -0.39 is 0 Å². The zero-order valence-electron chi connectivity index (χ0n) is 12.3. The lowest BCUT2D eigenvalue weighted by atomic mass is 10.1. The molecular formula is C18H15N3O2. The smallest absolute Gasteiger partial charge is 0.257 e. The predicted octanol–water partition coefficient (Wildman–Crippen LogP) is 2.22. The Kier molecular flexibility index (Phi) is 4.29. The van der Waals surface area contributed by atoms with E-state index in [4.69, 9.17) is 0 Å². The van der Waals surface area contributed by atoms with Crippen LogP contribution in [0.2, 0.25) is 0 Å². The molecule has 1 heterocycles. The van der Waals surface area contributed by atoms with Gasteiger partial charge in [0.25, 0.3) is 5.56 Å². The van der Waals surface area contributed by atoms with Crippen LogP contribution in [0.4, 0.5) is 0 Å². The van der Waals surface area contributed by atoms with Gasteiger partial charge in [0.1, 0.15) is 0 Å². The Morgan fingerprint density at radius 1 is 1.09 bits per heavy atom. The van der Waals surface area contributed by atoms with Crippen molar-refractivity contribution in [3.63, 3.8) is 0 Å². The van der Waals surface area contributed by atoms with Gasteiger partial charge < -0.3 is 4.98 Å². The highest BCUT2D eigenvalue weighted by molar-refractivity contribution is 5.88. The summed E-state index contributed by atoms with van der Waals surface area (Å²) in [6.07, 6.45) is 1.60. The maximum absolute atomic E-state index is 11.9. The number of carbonyl (C=O) groups is 1. The molecule has 0 aliphatic heterocycles. The fourth-order valence-corrected chi connectivity index (χ4v) is 2.25. The second-order valence-electron chi connectivity index (χ2n) is 5.10. The second-order valence-corrected chi connectivity index (χ2v) is 5.10. The SMILES string of the molecule is O=C(Cc1ccccc1)NN=Cc1cc2ccccc2[nH]c1=O. The van der Waals surface area contributed by atoms with Crippen molar-refractivity contribution in [2.75, 3.05) is 0 Å². The first-order valence-electron chi connectivity index (χ1n) is 7.20. The van der Waals surface area contributed by atoms with Gasteiger partial charge in [-0.1, -0.05) is 48.5 Å². The molecule has 0 unspecified atom stereocenters. The maximum atomic E-state index is 11.9. The first-order chi connectivity index (χ1) is 11.2. The molecule has 0 spiro atoms. The molecule has 0 atom stereocenters. The summed E-state index contributed by atoms with van der Waals surface area (Å²) < 4.78 is 0. The Bertz CT molecular complexity index is 914. The molecule has 0 aliphatic rings. The predicted molar refractivity (Wildman–Crippen MR) is 90.5 cm³/mol. The number of pyridine rings is 1. The normalized spacial score (nSPS) is 11.0. The van der Waals surface area contributed by atoms with Crippen LogP contribution in [0, 0.1) is 0 Å². The second kappa shape index (κ2) is 6.70. The van der Waals surface area contributed by atoms with Gasteiger partial charge in [-0.15, -0.1) is 0 Å². The summed E-state index contributed by atoms with van der Waals surface area (Å²) in [5, 5.41) is 4.77. The van der Waals surface area contributed by atoms with Crippen molar-refractivity contribution in [3.05, 3.63) is 82.1 Å². The van der Waals surface area contributed by atoms with Crippen molar-refractivity contribution in [1.29, 1.82) is 0 Å². The van der Waals surface area contributed by atoms with Crippen molar-refractivity contribution >= 4 is 23.0 Å². The molecule has 0 radical (unpaired) electrons. The summed E-state index contributed by atoms with van der Waals surface area (Å²) in [4.78, 5) is 26.5. The van der Waals surface area contributed by atoms with Crippen LogP contribution < -0.4 is 11.0 Å². The van der Waals surface area contributed by atoms with Crippen molar-refractivity contribution < 1.29 is 4.79 Å². The third-order valence-corrected chi connectivity index (χ3v) is 3.38. The molecule has 5 heteroatoms. The van der Waals surface area contributed by atoms with E-state index in [0.717, 1.165) is 16.5 Å². The quantitative estimate of drug-likeness (QED) is 0.573. The first-order valence-corrected chi connectivity index (χ1v) is 7.20. The third-order valence-electron chi connectivity index (χ3n) is 3.38. The molecule has 2 N–H and O–H groups in total. The third kappa shape index (κ3) is 3.71. The molecule has 1 aromatic heterocycles. The van der Waals surface area contributed by atoms with Crippen LogP contribution >= 0.6 is 0 Å². The van der Waals surface area contributed by atoms with Gasteiger partial charge in [0.05, 0.1) is 18.2 Å². The minimum Gasteiger partial charge on any atom is -0.321 e. The van der Waals surface area contributed by atoms with E-state index in [1.807, 2.05) is 54.6 Å². The van der Waals surface area contributed by atoms with Crippen LogP contribution in [0.5, 0.6) is 0 Å². The van der Waals surface area contributed by atoms with Gasteiger partial charge in [0.15, 0.2) is 0 Å². The fraction of sp³-hybridized carbons (Fsp3) is 0.0556. The zero-order chi connectivity index (χ0) is 16.1. The van der Waals surface area contributed by atoms with Crippen LogP contribution in [-0.2, 0) is 11.2 Å². The minimum absolute atomic E-state index is 0.232. The number of hydrogen-bond acceptors (Lipinski definition) is 3. The number of rotatable bonds is 4. The number of nitrogens with one attached hydrogen (secondary N) is 2. The van der Waals surface area contributed by atoms with Gasteiger partial charge >= 0.3 is 0 Å². The van der Waals surface area contributed by atoms with E-state index in [1.165, 1.54) is 6.21 Å². The highest BCUT2D eigenvalue weighted by atomic mass is 16.2. The number of aromatic nitrogens is 1. The Labute approximate surface area is 132 Å². The summed E-state index contributed by atoms with van der Waals surface area (Å²) in [6.45, 7) is 0. The molecule has 5 nitrogen and oxygen atoms in total. The van der Waals surface area contributed by atoms with Crippen LogP contribution in [-0.4, -0.2) is 17.1 Å². The van der Waals surface area contributed by atoms with E-state index in [2.05, 4.69) is 15.5 Å². The first kappa shape index (κ1) is 14.7. The largest absolute Gasteiger partial charge is 0.321 e. The van der Waals surface area contributed by atoms with Crippen molar-refractivity contribution in [2.45, 2.75) is 6.42 Å². The molecule has 0 bridgehead atoms. The Morgan fingerprint density at radius 2 is 1.83 bits per heavy atom. The van der Waals surface area contributed by atoms with Crippen LogP contribution in [0.1, 0.15) is 11.1 Å². The van der Waals surface area contributed by atoms with E-state index in [-0.39, 0.29) is 17.9 Å². The highest BCUT2D eigenvalue weighted by Gasteiger charge is 2.02. The molecule has 2 aromatic carbocycles. The summed E-state index contributed by atoms with van der Waals surface area (Å²) in [5.41, 5.74) is 4.25. The number of benzene rings is 2. The maximum Gasteiger partial charge on any atom is 0.257 e. The van der Waals surface area contributed by atoms with E-state index in [9.17, 15) is 9.59 Å². The molecule has 1 amide bonds. The average Bonchev–Trinajstić information content (AvgIpc) is 2.56. The Morgan fingerprint density at radius 3 is 2.65 bits per heavy atom. The molecular weight excluding hydrogens is 290 g/mol. The molecule has 3 aromatic rings. The summed E-state index contributed by atoms with van der Waals surface area (Å²) in [5.74, 6) is -0.232. The topological polar surface area (TPSA) is 74.3 Å². The number of fused-ring (bicyclic) bond motifs is 1. The van der Waals surface area contributed by atoms with Gasteiger partial charge in [-0.3, -0.25) is 9.59 Å². The number of hydrogen-bond donors (Lipinski definition) is 2. The van der Waals surface area contributed by atoms with Gasteiger partial charge in [-0.2, -0.15) is 5.10 Å². The van der Waals surface area contributed by atoms with E-state index in [1.54, 1.807) is 6.07 Å². The number of carbonyl (C=O) groups excluding carboxylic acids is 1. The lowest BCUT2D eigenvalue weighted by Crippen LogP contribution is -2.20. The van der Waals surface area contributed by atoms with E-state index in [0.29, 0.717) is 5.56 Å². The average molecular weight is 305 g/mol. The molecule has 0 saturated heterocycles. The van der Waals surface area contributed by atoms with Gasteiger partial charge in [-0.25, -0.2) is 5.43 Å². The van der Waals surface area contributed by atoms with Crippen molar-refractivity contribution in [1.82, 2.24) is 10.4 Å². The number of para-hydroxylation sites is 1. The number of hydrazone groups is 1. The lowest BCUT2D eigenvalue weighted by molar-refractivity contribution is -0.120. The van der Waals surface area contributed by atoms with Crippen LogP contribution in [0.25, 0.3) is 10.9 Å². The van der Waals surface area contributed by atoms with Gasteiger partial charge in [0.2, 0.25) is 5.91 Å². The van der Waals surface area contributed by atoms with Crippen molar-refractivity contribution in [2.24, 2.45) is 5.10 Å². The Hall–Kier alpha value is -3.21. The number of H-pyrrole nitrogens is 1. The van der Waals surface area contributed by atoms with Crippen LogP contribution in [0.3, 0.4) is 0 Å². The zero-order valence-corrected chi connectivity index (χ0v) is 12.3. The number of amides is 1. The minimum atomic E-state index is -0.246. The molecule has 0 aliphatic carbocycles. The molecule has 114 valence electrons. The summed E-state index contributed by atoms with van der Waals surface area (Å²) in [7, 11) is 0. The Balaban J connectivity index is 1.69. The van der Waals surface area contributed by atoms with Gasteiger partial charge in [0, 0.05) is 5.52 Å². The van der Waals surface area contributed by atoms with Crippen molar-refractivity contribution in [3.8, 4) is 0 Å². The van der Waals surface area contributed by atoms with E-state index >= 15 is 0 Å². The summed E-state index contributed by atoms with van der Waals surface area (Å²) >= 11 is 0. The van der Waals surface area contributed by atoms with Gasteiger partial charge in [-0.05, 0) is 23.1 Å². The highest BCUT2D eigenvalue weighted by Crippen LogP contribution is 2.08. The number of aromatic amines is 1. The summed E-state index contributed by atoms with van der Waals surface area (Å²) in [6, 6.07) is 18.6. The molecule has 0 saturated carbocycles. The molecule has 0 fully saturated rings. The fourth-order valence-electron chi connectivity index (χ4n) is 2.25.